The van der Waals surface area contributed by atoms with Gasteiger partial charge in [-0.25, -0.2) is 4.79 Å². The summed E-state index contributed by atoms with van der Waals surface area (Å²) >= 11 is 0. The Hall–Kier alpha value is -3.42. The minimum Gasteiger partial charge on any atom is -0.449 e. The molecule has 1 N–H and O–H groups in total. The predicted molar refractivity (Wildman–Crippen MR) is 123 cm³/mol. The third kappa shape index (κ3) is 5.25. The third-order valence-corrected chi connectivity index (χ3v) is 5.91. The van der Waals surface area contributed by atoms with Gasteiger partial charge in [0.2, 0.25) is 0 Å². The van der Waals surface area contributed by atoms with E-state index in [0.29, 0.717) is 17.3 Å². The van der Waals surface area contributed by atoms with Gasteiger partial charge in [0.05, 0.1) is 10.5 Å². The van der Waals surface area contributed by atoms with Gasteiger partial charge in [-0.15, -0.1) is 0 Å². The molecule has 0 aliphatic carbocycles. The maximum atomic E-state index is 12.6. The average Bonchev–Trinajstić information content (AvgIpc) is 2.76. The lowest BCUT2D eigenvalue weighted by Crippen LogP contribution is -2.33. The minimum atomic E-state index is -1.07. The Kier molecular flexibility index (Phi) is 7.12. The van der Waals surface area contributed by atoms with Crippen molar-refractivity contribution in [3.05, 3.63) is 63.2 Å². The number of ether oxygens (including phenoxy) is 1. The number of esters is 1. The number of hydrogen-bond donors (Lipinski definition) is 1. The van der Waals surface area contributed by atoms with Gasteiger partial charge in [-0.3, -0.25) is 14.9 Å². The number of rotatable bonds is 6. The largest absolute Gasteiger partial charge is 0.449 e. The number of hydrogen-bond acceptors (Lipinski definition) is 6. The topological polar surface area (TPSA) is 102 Å². The number of aryl methyl sites for hydroxylation is 2. The summed E-state index contributed by atoms with van der Waals surface area (Å²) in [6, 6.07) is 9.98. The number of carbonyl (C=O) groups excluding carboxylic acids is 2. The summed E-state index contributed by atoms with van der Waals surface area (Å²) in [5.41, 5.74) is 2.88. The average molecular weight is 440 g/mol. The van der Waals surface area contributed by atoms with Crippen LogP contribution < -0.4 is 10.2 Å². The molecular weight excluding hydrogens is 410 g/mol. The Labute approximate surface area is 187 Å². The molecule has 0 aromatic heterocycles. The van der Waals surface area contributed by atoms with E-state index >= 15 is 0 Å². The summed E-state index contributed by atoms with van der Waals surface area (Å²) in [4.78, 5) is 38.3. The summed E-state index contributed by atoms with van der Waals surface area (Å²) in [6.45, 7) is 8.87. The second-order valence-electron chi connectivity index (χ2n) is 8.43. The van der Waals surface area contributed by atoms with Gasteiger partial charge in [0, 0.05) is 24.8 Å². The predicted octanol–water partition coefficient (Wildman–Crippen LogP) is 4.63. The standard InChI is InChI=1S/C24H29N3O5/c1-15-10-12-26(13-11-15)20-9-8-19(14-21(20)27(30)31)24(29)32-18(4)23(28)25-22-16(2)6-5-7-17(22)3/h5-9,14-15,18H,10-13H2,1-4H3,(H,25,28). The number of para-hydroxylation sites is 1. The van der Waals surface area contributed by atoms with Gasteiger partial charge >= 0.3 is 5.97 Å². The Morgan fingerprint density at radius 2 is 1.78 bits per heavy atom. The van der Waals surface area contributed by atoms with Gasteiger partial charge in [0.1, 0.15) is 5.69 Å². The van der Waals surface area contributed by atoms with Crippen LogP contribution in [0.25, 0.3) is 0 Å². The molecule has 1 saturated heterocycles. The zero-order valence-electron chi connectivity index (χ0n) is 18.9. The van der Waals surface area contributed by atoms with Crippen LogP contribution in [0.1, 0.15) is 48.2 Å². The molecule has 1 unspecified atom stereocenters. The van der Waals surface area contributed by atoms with E-state index in [1.165, 1.54) is 19.1 Å². The van der Waals surface area contributed by atoms with Crippen molar-refractivity contribution >= 4 is 28.9 Å². The van der Waals surface area contributed by atoms with Gasteiger partial charge in [0.15, 0.2) is 6.10 Å². The molecule has 0 bridgehead atoms. The molecule has 1 amide bonds. The van der Waals surface area contributed by atoms with Crippen molar-refractivity contribution in [2.45, 2.75) is 46.6 Å². The first kappa shape index (κ1) is 23.2. The lowest BCUT2D eigenvalue weighted by atomic mass is 9.98. The maximum Gasteiger partial charge on any atom is 0.339 e. The Balaban J connectivity index is 1.72. The van der Waals surface area contributed by atoms with Crippen LogP contribution in [0.15, 0.2) is 36.4 Å². The van der Waals surface area contributed by atoms with E-state index in [9.17, 15) is 19.7 Å². The second kappa shape index (κ2) is 9.80. The number of amides is 1. The van der Waals surface area contributed by atoms with Gasteiger partial charge in [0.25, 0.3) is 11.6 Å². The molecule has 1 aliphatic heterocycles. The van der Waals surface area contributed by atoms with E-state index in [0.717, 1.165) is 37.1 Å². The second-order valence-corrected chi connectivity index (χ2v) is 8.43. The summed E-state index contributed by atoms with van der Waals surface area (Å²) < 4.78 is 5.30. The zero-order valence-corrected chi connectivity index (χ0v) is 18.9. The molecule has 8 nitrogen and oxygen atoms in total. The molecule has 1 atom stereocenters. The summed E-state index contributed by atoms with van der Waals surface area (Å²) in [6.07, 6.45) is 0.867. The first-order valence-corrected chi connectivity index (χ1v) is 10.8. The molecule has 32 heavy (non-hydrogen) atoms. The molecule has 0 radical (unpaired) electrons. The van der Waals surface area contributed by atoms with Crippen molar-refractivity contribution in [3.8, 4) is 0 Å². The molecule has 0 saturated carbocycles. The summed E-state index contributed by atoms with van der Waals surface area (Å²) in [7, 11) is 0. The zero-order chi connectivity index (χ0) is 23.4. The van der Waals surface area contributed by atoms with Gasteiger partial charge in [-0.2, -0.15) is 0 Å². The molecule has 1 fully saturated rings. The highest BCUT2D eigenvalue weighted by molar-refractivity contribution is 5.98. The molecule has 1 aliphatic rings. The molecule has 1 heterocycles. The van der Waals surface area contributed by atoms with E-state index in [2.05, 4.69) is 12.2 Å². The molecule has 2 aromatic rings. The van der Waals surface area contributed by atoms with Crippen molar-refractivity contribution in [2.24, 2.45) is 5.92 Å². The first-order valence-electron chi connectivity index (χ1n) is 10.8. The van der Waals surface area contributed by atoms with Crippen LogP contribution in [0.4, 0.5) is 17.1 Å². The monoisotopic (exact) mass is 439 g/mol. The number of anilines is 2. The maximum absolute atomic E-state index is 12.6. The van der Waals surface area contributed by atoms with Crippen LogP contribution >= 0.6 is 0 Å². The van der Waals surface area contributed by atoms with E-state index < -0.39 is 22.9 Å². The highest BCUT2D eigenvalue weighted by atomic mass is 16.6. The number of benzene rings is 2. The van der Waals surface area contributed by atoms with Gasteiger partial charge in [-0.1, -0.05) is 25.1 Å². The fourth-order valence-electron chi connectivity index (χ4n) is 3.83. The van der Waals surface area contributed by atoms with Crippen LogP contribution in [-0.2, 0) is 9.53 Å². The van der Waals surface area contributed by atoms with Crippen molar-refractivity contribution in [1.29, 1.82) is 0 Å². The molecule has 0 spiro atoms. The normalized spacial score (nSPS) is 15.2. The fraction of sp³-hybridized carbons (Fsp3) is 0.417. The Morgan fingerprint density at radius 3 is 2.38 bits per heavy atom. The molecule has 8 heteroatoms. The van der Waals surface area contributed by atoms with Crippen molar-refractivity contribution < 1.29 is 19.2 Å². The SMILES string of the molecule is Cc1cccc(C)c1NC(=O)C(C)OC(=O)c1ccc(N2CCC(C)CC2)c([N+](=O)[O-])c1. The molecule has 2 aromatic carbocycles. The van der Waals surface area contributed by atoms with Crippen LogP contribution in [0, 0.1) is 29.9 Å². The van der Waals surface area contributed by atoms with Crippen molar-refractivity contribution in [3.63, 3.8) is 0 Å². The lowest BCUT2D eigenvalue weighted by Gasteiger charge is -2.31. The van der Waals surface area contributed by atoms with Gasteiger partial charge < -0.3 is 15.0 Å². The number of nitro benzene ring substituents is 1. The number of nitrogens with zero attached hydrogens (tertiary/aromatic N) is 2. The van der Waals surface area contributed by atoms with Crippen LogP contribution in [0.5, 0.6) is 0 Å². The molecular formula is C24H29N3O5. The van der Waals surface area contributed by atoms with E-state index in [-0.39, 0.29) is 11.3 Å². The number of nitrogens with one attached hydrogen (secondary N) is 1. The third-order valence-electron chi connectivity index (χ3n) is 5.91. The van der Waals surface area contributed by atoms with Crippen LogP contribution in [-0.4, -0.2) is 36.0 Å². The minimum absolute atomic E-state index is 0.0394. The number of carbonyl (C=O) groups is 2. The van der Waals surface area contributed by atoms with Crippen LogP contribution in [0.3, 0.4) is 0 Å². The summed E-state index contributed by atoms with van der Waals surface area (Å²) in [5.74, 6) is -0.656. The molecule has 170 valence electrons. The fourth-order valence-corrected chi connectivity index (χ4v) is 3.83. The molecule has 3 rings (SSSR count). The Bertz CT molecular complexity index is 1010. The van der Waals surface area contributed by atoms with Crippen molar-refractivity contribution in [2.75, 3.05) is 23.3 Å². The van der Waals surface area contributed by atoms with E-state index in [4.69, 9.17) is 4.74 Å². The number of nitro groups is 1. The Morgan fingerprint density at radius 1 is 1.16 bits per heavy atom. The highest BCUT2D eigenvalue weighted by Crippen LogP contribution is 2.32. The summed E-state index contributed by atoms with van der Waals surface area (Å²) in [5, 5.41) is 14.5. The van der Waals surface area contributed by atoms with Crippen molar-refractivity contribution in [1.82, 2.24) is 0 Å². The smallest absolute Gasteiger partial charge is 0.339 e. The number of piperidine rings is 1. The van der Waals surface area contributed by atoms with Gasteiger partial charge in [-0.05, 0) is 62.8 Å². The van der Waals surface area contributed by atoms with Crippen LogP contribution in [0.2, 0.25) is 0 Å². The van der Waals surface area contributed by atoms with E-state index in [1.807, 2.05) is 36.9 Å². The van der Waals surface area contributed by atoms with E-state index in [1.54, 1.807) is 6.07 Å². The lowest BCUT2D eigenvalue weighted by molar-refractivity contribution is -0.384. The first-order chi connectivity index (χ1) is 15.2. The quantitative estimate of drug-likeness (QED) is 0.400. The highest BCUT2D eigenvalue weighted by Gasteiger charge is 2.26.